The van der Waals surface area contributed by atoms with Gasteiger partial charge in [0, 0.05) is 11.7 Å². The Labute approximate surface area is 98.2 Å². The van der Waals surface area contributed by atoms with Gasteiger partial charge in [0.1, 0.15) is 17.1 Å². The molecule has 5 heteroatoms. The van der Waals surface area contributed by atoms with Crippen molar-refractivity contribution in [3.05, 3.63) is 23.2 Å². The molecule has 0 unspecified atom stereocenters. The van der Waals surface area contributed by atoms with E-state index in [0.29, 0.717) is 5.15 Å². The van der Waals surface area contributed by atoms with Crippen LogP contribution in [0.5, 0.6) is 0 Å². The summed E-state index contributed by atoms with van der Waals surface area (Å²) in [5, 5.41) is 1.46. The van der Waals surface area contributed by atoms with Crippen molar-refractivity contribution >= 4 is 22.6 Å². The van der Waals surface area contributed by atoms with E-state index in [4.69, 9.17) is 17.3 Å². The lowest BCUT2D eigenvalue weighted by Crippen LogP contribution is -2.21. The average molecular weight is 237 g/mol. The molecule has 2 heterocycles. The van der Waals surface area contributed by atoms with Crippen molar-refractivity contribution in [1.29, 1.82) is 0 Å². The van der Waals surface area contributed by atoms with Crippen LogP contribution < -0.4 is 5.73 Å². The van der Waals surface area contributed by atoms with Gasteiger partial charge in [0.05, 0.1) is 5.39 Å². The maximum absolute atomic E-state index is 6.07. The molecular weight excluding hydrogens is 224 g/mol. The lowest BCUT2D eigenvalue weighted by molar-refractivity contribution is 0.610. The van der Waals surface area contributed by atoms with E-state index in [2.05, 4.69) is 15.0 Å². The molecule has 4 nitrogen and oxygen atoms in total. The van der Waals surface area contributed by atoms with E-state index in [-0.39, 0.29) is 5.54 Å². The Balaban J connectivity index is 1.91. The van der Waals surface area contributed by atoms with Gasteiger partial charge < -0.3 is 10.7 Å². The van der Waals surface area contributed by atoms with Crippen LogP contribution in [0.1, 0.15) is 24.8 Å². The highest BCUT2D eigenvalue weighted by Crippen LogP contribution is 2.37. The van der Waals surface area contributed by atoms with E-state index >= 15 is 0 Å². The molecule has 1 aliphatic carbocycles. The van der Waals surface area contributed by atoms with Gasteiger partial charge in [-0.25, -0.2) is 9.97 Å². The van der Waals surface area contributed by atoms with Crippen LogP contribution in [-0.4, -0.2) is 20.5 Å². The Morgan fingerprint density at radius 3 is 3.00 bits per heavy atom. The van der Waals surface area contributed by atoms with Crippen LogP contribution in [0.25, 0.3) is 11.0 Å². The third kappa shape index (κ3) is 1.68. The Hall–Kier alpha value is -1.13. The molecule has 0 radical (unpaired) electrons. The molecule has 84 valence electrons. The third-order valence-electron chi connectivity index (χ3n) is 3.29. The normalized spacial score (nSPS) is 17.9. The second-order valence-corrected chi connectivity index (χ2v) is 4.92. The second-order valence-electron chi connectivity index (χ2n) is 4.56. The number of hydrogen-bond donors (Lipinski definition) is 2. The summed E-state index contributed by atoms with van der Waals surface area (Å²) in [5.74, 6) is 0. The zero-order chi connectivity index (χ0) is 11.2. The van der Waals surface area contributed by atoms with Gasteiger partial charge >= 0.3 is 0 Å². The summed E-state index contributed by atoms with van der Waals surface area (Å²) in [6, 6.07) is 0. The first-order valence-electron chi connectivity index (χ1n) is 5.43. The number of rotatable bonds is 3. The topological polar surface area (TPSA) is 67.6 Å². The van der Waals surface area contributed by atoms with Crippen molar-refractivity contribution in [3.63, 3.8) is 0 Å². The molecule has 0 spiro atoms. The summed E-state index contributed by atoms with van der Waals surface area (Å²) in [6.07, 6.45) is 7.64. The monoisotopic (exact) mass is 236 g/mol. The number of aryl methyl sites for hydroxylation is 1. The molecule has 1 aliphatic rings. The van der Waals surface area contributed by atoms with Gasteiger partial charge in [-0.05, 0) is 31.2 Å². The second kappa shape index (κ2) is 3.43. The van der Waals surface area contributed by atoms with Gasteiger partial charge in [-0.3, -0.25) is 0 Å². The maximum atomic E-state index is 6.07. The number of aromatic amines is 1. The number of H-pyrrole nitrogens is 1. The standard InChI is InChI=1S/C11H13ClN4/c12-9-8-7(1-2-11(13)3-4-11)5-14-10(8)16-6-15-9/h5-6H,1-4,13H2,(H,14,15,16). The van der Waals surface area contributed by atoms with Crippen LogP contribution in [0.3, 0.4) is 0 Å². The van der Waals surface area contributed by atoms with E-state index in [1.165, 1.54) is 6.33 Å². The van der Waals surface area contributed by atoms with Crippen molar-refractivity contribution in [2.75, 3.05) is 0 Å². The summed E-state index contributed by atoms with van der Waals surface area (Å²) in [6.45, 7) is 0. The Kier molecular flexibility index (Phi) is 2.16. The molecule has 3 N–H and O–H groups in total. The van der Waals surface area contributed by atoms with Gasteiger partial charge in [0.15, 0.2) is 0 Å². The number of hydrogen-bond acceptors (Lipinski definition) is 3. The number of aromatic nitrogens is 3. The van der Waals surface area contributed by atoms with Crippen LogP contribution in [0.4, 0.5) is 0 Å². The van der Waals surface area contributed by atoms with Crippen LogP contribution in [0, 0.1) is 0 Å². The predicted molar refractivity (Wildman–Crippen MR) is 63.4 cm³/mol. The lowest BCUT2D eigenvalue weighted by Gasteiger charge is -2.06. The molecule has 0 atom stereocenters. The number of nitrogens with one attached hydrogen (secondary N) is 1. The Morgan fingerprint density at radius 1 is 1.44 bits per heavy atom. The molecule has 0 saturated heterocycles. The number of nitrogens with zero attached hydrogens (tertiary/aromatic N) is 2. The van der Waals surface area contributed by atoms with Gasteiger partial charge in [0.25, 0.3) is 0 Å². The van der Waals surface area contributed by atoms with E-state index in [1.807, 2.05) is 6.20 Å². The predicted octanol–water partition coefficient (Wildman–Crippen LogP) is 2.04. The minimum atomic E-state index is 0.0751. The molecule has 0 aromatic carbocycles. The van der Waals surface area contributed by atoms with Crippen molar-refractivity contribution < 1.29 is 0 Å². The third-order valence-corrected chi connectivity index (χ3v) is 3.58. The van der Waals surface area contributed by atoms with Gasteiger partial charge in [0.2, 0.25) is 0 Å². The van der Waals surface area contributed by atoms with Crippen LogP contribution in [-0.2, 0) is 6.42 Å². The highest BCUT2D eigenvalue weighted by molar-refractivity contribution is 6.34. The summed E-state index contributed by atoms with van der Waals surface area (Å²) < 4.78 is 0. The Bertz CT molecular complexity index is 530. The largest absolute Gasteiger partial charge is 0.346 e. The van der Waals surface area contributed by atoms with E-state index in [1.54, 1.807) is 0 Å². The maximum Gasteiger partial charge on any atom is 0.142 e. The molecule has 2 aromatic rings. The molecule has 0 aliphatic heterocycles. The van der Waals surface area contributed by atoms with E-state index in [0.717, 1.165) is 42.3 Å². The van der Waals surface area contributed by atoms with Gasteiger partial charge in [-0.1, -0.05) is 11.6 Å². The quantitative estimate of drug-likeness (QED) is 0.802. The molecule has 16 heavy (non-hydrogen) atoms. The van der Waals surface area contributed by atoms with E-state index in [9.17, 15) is 0 Å². The molecular formula is C11H13ClN4. The van der Waals surface area contributed by atoms with Crippen molar-refractivity contribution in [1.82, 2.24) is 15.0 Å². The van der Waals surface area contributed by atoms with Crippen LogP contribution >= 0.6 is 11.6 Å². The SMILES string of the molecule is NC1(CCc2c[nH]c3ncnc(Cl)c23)CC1. The number of halogens is 1. The fourth-order valence-electron chi connectivity index (χ4n) is 1.98. The lowest BCUT2D eigenvalue weighted by atomic mass is 10.1. The molecule has 2 aromatic heterocycles. The smallest absolute Gasteiger partial charge is 0.142 e. The van der Waals surface area contributed by atoms with Crippen LogP contribution in [0.15, 0.2) is 12.5 Å². The van der Waals surface area contributed by atoms with Crippen LogP contribution in [0.2, 0.25) is 5.15 Å². The van der Waals surface area contributed by atoms with Crippen molar-refractivity contribution in [2.24, 2.45) is 5.73 Å². The molecule has 1 fully saturated rings. The van der Waals surface area contributed by atoms with E-state index < -0.39 is 0 Å². The summed E-state index contributed by atoms with van der Waals surface area (Å²) in [5.41, 5.74) is 8.11. The Morgan fingerprint density at radius 2 is 2.25 bits per heavy atom. The van der Waals surface area contributed by atoms with Gasteiger partial charge in [-0.15, -0.1) is 0 Å². The highest BCUT2D eigenvalue weighted by atomic mass is 35.5. The molecule has 0 amide bonds. The zero-order valence-electron chi connectivity index (χ0n) is 8.83. The molecule has 3 rings (SSSR count). The fourth-order valence-corrected chi connectivity index (χ4v) is 2.23. The minimum Gasteiger partial charge on any atom is -0.346 e. The van der Waals surface area contributed by atoms with Gasteiger partial charge in [-0.2, -0.15) is 0 Å². The first-order chi connectivity index (χ1) is 7.68. The number of fused-ring (bicyclic) bond motifs is 1. The average Bonchev–Trinajstić information content (AvgIpc) is 2.86. The summed E-state index contributed by atoms with van der Waals surface area (Å²) in [4.78, 5) is 11.3. The first-order valence-corrected chi connectivity index (χ1v) is 5.81. The molecule has 0 bridgehead atoms. The van der Waals surface area contributed by atoms with Crippen molar-refractivity contribution in [2.45, 2.75) is 31.2 Å². The fraction of sp³-hybridized carbons (Fsp3) is 0.455. The van der Waals surface area contributed by atoms with Crippen molar-refractivity contribution in [3.8, 4) is 0 Å². The number of nitrogens with two attached hydrogens (primary N) is 1. The summed E-state index contributed by atoms with van der Waals surface area (Å²) >= 11 is 6.07. The first kappa shape index (κ1) is 10.1. The summed E-state index contributed by atoms with van der Waals surface area (Å²) in [7, 11) is 0. The minimum absolute atomic E-state index is 0.0751. The molecule has 1 saturated carbocycles. The highest BCUT2D eigenvalue weighted by Gasteiger charge is 2.37. The zero-order valence-corrected chi connectivity index (χ0v) is 9.59.